The van der Waals surface area contributed by atoms with Crippen molar-refractivity contribution >= 4 is 22.1 Å². The van der Waals surface area contributed by atoms with Gasteiger partial charge in [0.25, 0.3) is 0 Å². The molecule has 1 heterocycles. The maximum atomic E-state index is 12.7. The number of hydrogen-bond acceptors (Lipinski definition) is 3. The molecule has 1 N–H and O–H groups in total. The van der Waals surface area contributed by atoms with Crippen LogP contribution in [0.5, 0.6) is 0 Å². The van der Waals surface area contributed by atoms with Crippen LogP contribution >= 0.6 is 11.3 Å². The molecule has 2 nitrogen and oxygen atoms in total. The van der Waals surface area contributed by atoms with E-state index in [2.05, 4.69) is 12.2 Å². The average Bonchev–Trinajstić information content (AvgIpc) is 2.86. The number of thiophene rings is 1. The van der Waals surface area contributed by atoms with Crippen molar-refractivity contribution in [2.75, 3.05) is 6.54 Å². The van der Waals surface area contributed by atoms with Crippen LogP contribution in [0.15, 0.2) is 21.7 Å². The summed E-state index contributed by atoms with van der Waals surface area (Å²) in [5.41, 5.74) is 0. The van der Waals surface area contributed by atoms with Crippen LogP contribution in [0.1, 0.15) is 45.4 Å². The Balaban J connectivity index is 2.10. The van der Waals surface area contributed by atoms with Crippen LogP contribution in [0, 0.1) is 0 Å². The summed E-state index contributed by atoms with van der Waals surface area (Å²) < 4.78 is 13.7. The molecule has 3 atom stereocenters. The zero-order chi connectivity index (χ0) is 12.8. The molecule has 18 heavy (non-hydrogen) atoms. The highest BCUT2D eigenvalue weighted by Crippen LogP contribution is 2.27. The molecule has 1 aliphatic carbocycles. The third kappa shape index (κ3) is 3.65. The summed E-state index contributed by atoms with van der Waals surface area (Å²) in [6.45, 7) is 3.12. The monoisotopic (exact) mass is 285 g/mol. The summed E-state index contributed by atoms with van der Waals surface area (Å²) in [6, 6.07) is 4.45. The van der Waals surface area contributed by atoms with Gasteiger partial charge in [-0.15, -0.1) is 11.3 Å². The van der Waals surface area contributed by atoms with Gasteiger partial charge in [0.05, 0.1) is 20.3 Å². The zero-order valence-corrected chi connectivity index (χ0v) is 12.7. The first kappa shape index (κ1) is 14.2. The Morgan fingerprint density at radius 3 is 2.78 bits per heavy atom. The van der Waals surface area contributed by atoms with Crippen molar-refractivity contribution in [3.05, 3.63) is 17.5 Å². The fraction of sp³-hybridized carbons (Fsp3) is 0.714. The van der Waals surface area contributed by atoms with E-state index in [0.29, 0.717) is 11.3 Å². The van der Waals surface area contributed by atoms with Gasteiger partial charge in [-0.25, -0.2) is 0 Å². The summed E-state index contributed by atoms with van der Waals surface area (Å²) in [7, 11) is -0.833. The van der Waals surface area contributed by atoms with E-state index >= 15 is 0 Å². The third-order valence-corrected chi connectivity index (χ3v) is 6.73. The van der Waals surface area contributed by atoms with Gasteiger partial charge in [-0.1, -0.05) is 38.7 Å². The van der Waals surface area contributed by atoms with Crippen molar-refractivity contribution in [2.45, 2.75) is 60.9 Å². The minimum absolute atomic E-state index is 0.295. The van der Waals surface area contributed by atoms with Gasteiger partial charge in [0, 0.05) is 6.04 Å². The molecule has 0 spiro atoms. The summed E-state index contributed by atoms with van der Waals surface area (Å²) in [5.74, 6) is 0. The second-order valence-corrected chi connectivity index (χ2v) is 7.77. The molecule has 0 aliphatic heterocycles. The van der Waals surface area contributed by atoms with Crippen molar-refractivity contribution < 1.29 is 4.21 Å². The number of rotatable bonds is 4. The molecule has 0 amide bonds. The van der Waals surface area contributed by atoms with Crippen molar-refractivity contribution in [2.24, 2.45) is 0 Å². The van der Waals surface area contributed by atoms with Crippen LogP contribution in [0.25, 0.3) is 0 Å². The molecular weight excluding hydrogens is 262 g/mol. The van der Waals surface area contributed by atoms with Gasteiger partial charge >= 0.3 is 0 Å². The van der Waals surface area contributed by atoms with Crippen molar-refractivity contribution in [1.82, 2.24) is 5.32 Å². The maximum Gasteiger partial charge on any atom is 0.0914 e. The molecule has 1 aromatic rings. The molecule has 102 valence electrons. The SMILES string of the molecule is CCNC1CCCCCCC1S(=O)c1cccs1. The topological polar surface area (TPSA) is 29.1 Å². The Bertz CT molecular complexity index is 364. The highest BCUT2D eigenvalue weighted by atomic mass is 32.2. The van der Waals surface area contributed by atoms with Gasteiger partial charge in [0.2, 0.25) is 0 Å². The van der Waals surface area contributed by atoms with E-state index in [1.807, 2.05) is 17.5 Å². The summed E-state index contributed by atoms with van der Waals surface area (Å²) in [4.78, 5) is 0. The fourth-order valence-corrected chi connectivity index (χ4v) is 5.52. The molecule has 4 heteroatoms. The Morgan fingerprint density at radius 1 is 1.33 bits per heavy atom. The van der Waals surface area contributed by atoms with Gasteiger partial charge in [0.15, 0.2) is 0 Å². The molecule has 0 radical (unpaired) electrons. The lowest BCUT2D eigenvalue weighted by molar-refractivity contribution is 0.401. The first-order valence-electron chi connectivity index (χ1n) is 7.00. The van der Waals surface area contributed by atoms with E-state index in [4.69, 9.17) is 0 Å². The smallest absolute Gasteiger partial charge is 0.0914 e. The number of hydrogen-bond donors (Lipinski definition) is 1. The summed E-state index contributed by atoms with van der Waals surface area (Å²) in [5, 5.41) is 5.88. The van der Waals surface area contributed by atoms with Crippen LogP contribution in [0.4, 0.5) is 0 Å². The Labute approximate surface area is 117 Å². The molecule has 2 rings (SSSR count). The predicted molar refractivity (Wildman–Crippen MR) is 79.7 cm³/mol. The van der Waals surface area contributed by atoms with Gasteiger partial charge in [0.1, 0.15) is 0 Å². The van der Waals surface area contributed by atoms with Crippen LogP contribution < -0.4 is 5.32 Å². The molecule has 1 aromatic heterocycles. The van der Waals surface area contributed by atoms with E-state index < -0.39 is 10.8 Å². The normalized spacial score (nSPS) is 27.4. The highest BCUT2D eigenvalue weighted by molar-refractivity contribution is 7.88. The second kappa shape index (κ2) is 7.41. The predicted octanol–water partition coefficient (Wildman–Crippen LogP) is 3.56. The third-order valence-electron chi connectivity index (χ3n) is 3.64. The van der Waals surface area contributed by atoms with Gasteiger partial charge in [-0.05, 0) is 30.8 Å². The first-order chi connectivity index (χ1) is 8.83. The van der Waals surface area contributed by atoms with E-state index in [9.17, 15) is 4.21 Å². The molecule has 1 aliphatic rings. The lowest BCUT2D eigenvalue weighted by atomic mass is 9.96. The molecule has 0 bridgehead atoms. The minimum atomic E-state index is -0.833. The van der Waals surface area contributed by atoms with Crippen molar-refractivity contribution in [3.8, 4) is 0 Å². The molecule has 0 saturated heterocycles. The largest absolute Gasteiger partial charge is 0.313 e. The fourth-order valence-electron chi connectivity index (χ4n) is 2.73. The summed E-state index contributed by atoms with van der Waals surface area (Å²) >= 11 is 1.63. The molecule has 3 unspecified atom stereocenters. The van der Waals surface area contributed by atoms with Crippen LogP contribution in [-0.4, -0.2) is 22.0 Å². The van der Waals surface area contributed by atoms with E-state index in [0.717, 1.165) is 17.2 Å². The lowest BCUT2D eigenvalue weighted by Crippen LogP contribution is -2.42. The Kier molecular flexibility index (Phi) is 5.86. The Hall–Kier alpha value is -0.190. The first-order valence-corrected chi connectivity index (χ1v) is 9.09. The molecule has 1 fully saturated rings. The van der Waals surface area contributed by atoms with E-state index in [1.165, 1.54) is 32.1 Å². The highest BCUT2D eigenvalue weighted by Gasteiger charge is 2.28. The minimum Gasteiger partial charge on any atom is -0.313 e. The molecule has 0 aromatic carbocycles. The average molecular weight is 285 g/mol. The van der Waals surface area contributed by atoms with E-state index in [1.54, 1.807) is 11.3 Å². The summed E-state index contributed by atoms with van der Waals surface area (Å²) in [6.07, 6.45) is 7.41. The standard InChI is InChI=1S/C14H23NOS2/c1-2-15-12-8-5-3-4-6-9-13(12)18(16)14-10-7-11-17-14/h7,10-13,15H,2-6,8-9H2,1H3. The lowest BCUT2D eigenvalue weighted by Gasteiger charge is -2.29. The number of nitrogens with one attached hydrogen (secondary N) is 1. The molecular formula is C14H23NOS2. The molecule has 1 saturated carbocycles. The van der Waals surface area contributed by atoms with Crippen molar-refractivity contribution in [3.63, 3.8) is 0 Å². The van der Waals surface area contributed by atoms with Gasteiger partial charge in [-0.3, -0.25) is 4.21 Å². The van der Waals surface area contributed by atoms with Crippen LogP contribution in [0.3, 0.4) is 0 Å². The van der Waals surface area contributed by atoms with Crippen LogP contribution in [0.2, 0.25) is 0 Å². The van der Waals surface area contributed by atoms with Crippen LogP contribution in [-0.2, 0) is 10.8 Å². The second-order valence-electron chi connectivity index (χ2n) is 4.92. The quantitative estimate of drug-likeness (QED) is 0.916. The van der Waals surface area contributed by atoms with Crippen molar-refractivity contribution in [1.29, 1.82) is 0 Å². The Morgan fingerprint density at radius 2 is 2.11 bits per heavy atom. The van der Waals surface area contributed by atoms with E-state index in [-0.39, 0.29) is 0 Å². The van der Waals surface area contributed by atoms with Gasteiger partial charge < -0.3 is 5.32 Å². The zero-order valence-electron chi connectivity index (χ0n) is 11.1. The maximum absolute atomic E-state index is 12.7. The van der Waals surface area contributed by atoms with Gasteiger partial charge in [-0.2, -0.15) is 0 Å².